The maximum Gasteiger partial charge on any atom is 0.411 e. The van der Waals surface area contributed by atoms with Crippen molar-refractivity contribution in [3.05, 3.63) is 18.2 Å². The van der Waals surface area contributed by atoms with E-state index < -0.39 is 12.8 Å². The van der Waals surface area contributed by atoms with E-state index in [1.54, 1.807) is 18.2 Å². The molecule has 102 valence electrons. The first-order valence-corrected chi connectivity index (χ1v) is 5.49. The molecule has 0 saturated heterocycles. The number of hydrogen-bond acceptors (Lipinski definition) is 4. The second kappa shape index (κ2) is 7.05. The van der Waals surface area contributed by atoms with Crippen LogP contribution < -0.4 is 10.1 Å². The summed E-state index contributed by atoms with van der Waals surface area (Å²) in [5.41, 5.74) is 0. The van der Waals surface area contributed by atoms with Gasteiger partial charge in [0.1, 0.15) is 12.4 Å². The lowest BCUT2D eigenvalue weighted by Crippen LogP contribution is -2.20. The van der Waals surface area contributed by atoms with E-state index >= 15 is 0 Å². The van der Waals surface area contributed by atoms with Crippen LogP contribution in [-0.4, -0.2) is 37.5 Å². The largest absolute Gasteiger partial charge is 0.478 e. The number of alkyl halides is 3. The summed E-state index contributed by atoms with van der Waals surface area (Å²) >= 11 is 0. The van der Waals surface area contributed by atoms with Gasteiger partial charge in [0, 0.05) is 12.6 Å². The predicted octanol–water partition coefficient (Wildman–Crippen LogP) is 2.47. The highest BCUT2D eigenvalue weighted by Crippen LogP contribution is 2.14. The smallest absolute Gasteiger partial charge is 0.411 e. The average molecular weight is 264 g/mol. The number of pyridine rings is 1. The molecule has 18 heavy (non-hydrogen) atoms. The third-order valence-corrected chi connectivity index (χ3v) is 1.83. The van der Waals surface area contributed by atoms with Gasteiger partial charge in [-0.25, -0.2) is 0 Å². The van der Waals surface area contributed by atoms with Gasteiger partial charge in [0.15, 0.2) is 0 Å². The summed E-state index contributed by atoms with van der Waals surface area (Å²) in [5, 5.41) is 2.85. The highest BCUT2D eigenvalue weighted by molar-refractivity contribution is 5.36. The molecule has 4 nitrogen and oxygen atoms in total. The summed E-state index contributed by atoms with van der Waals surface area (Å²) in [6.45, 7) is 1.32. The van der Waals surface area contributed by atoms with E-state index in [2.05, 4.69) is 15.0 Å². The van der Waals surface area contributed by atoms with Gasteiger partial charge in [-0.15, -0.1) is 0 Å². The van der Waals surface area contributed by atoms with Crippen molar-refractivity contribution in [1.29, 1.82) is 0 Å². The Kier molecular flexibility index (Phi) is 5.70. The lowest BCUT2D eigenvalue weighted by Gasteiger charge is -2.09. The van der Waals surface area contributed by atoms with Gasteiger partial charge in [-0.1, -0.05) is 6.07 Å². The number of rotatable bonds is 7. The Hall–Kier alpha value is -1.50. The van der Waals surface area contributed by atoms with E-state index in [4.69, 9.17) is 4.74 Å². The second-order valence-electron chi connectivity index (χ2n) is 3.39. The molecule has 0 aliphatic heterocycles. The SMILES string of the molecule is CCOc1cccc(NCCOCC(F)(F)F)n1. The molecule has 0 saturated carbocycles. The van der Waals surface area contributed by atoms with Crippen LogP contribution in [0.4, 0.5) is 19.0 Å². The molecule has 0 unspecified atom stereocenters. The summed E-state index contributed by atoms with van der Waals surface area (Å²) in [6.07, 6.45) is -4.28. The molecule has 0 aromatic carbocycles. The van der Waals surface area contributed by atoms with E-state index in [0.717, 1.165) is 0 Å². The fourth-order valence-electron chi connectivity index (χ4n) is 1.18. The van der Waals surface area contributed by atoms with Crippen molar-refractivity contribution < 1.29 is 22.6 Å². The molecule has 1 aromatic rings. The number of aromatic nitrogens is 1. The normalized spacial score (nSPS) is 11.3. The van der Waals surface area contributed by atoms with Gasteiger partial charge in [-0.2, -0.15) is 18.2 Å². The molecule has 0 aliphatic rings. The molecular weight excluding hydrogens is 249 g/mol. The first-order valence-electron chi connectivity index (χ1n) is 5.49. The van der Waals surface area contributed by atoms with Crippen molar-refractivity contribution >= 4 is 5.82 Å². The molecule has 0 spiro atoms. The number of anilines is 1. The molecule has 0 radical (unpaired) electrons. The van der Waals surface area contributed by atoms with Crippen LogP contribution in [0.1, 0.15) is 6.92 Å². The van der Waals surface area contributed by atoms with Crippen LogP contribution in [0.5, 0.6) is 5.88 Å². The molecule has 1 heterocycles. The Balaban J connectivity index is 2.24. The maximum absolute atomic E-state index is 11.8. The van der Waals surface area contributed by atoms with Crippen molar-refractivity contribution in [2.75, 3.05) is 31.7 Å². The van der Waals surface area contributed by atoms with Crippen LogP contribution >= 0.6 is 0 Å². The Morgan fingerprint density at radius 1 is 1.33 bits per heavy atom. The van der Waals surface area contributed by atoms with Crippen molar-refractivity contribution in [2.45, 2.75) is 13.1 Å². The quantitative estimate of drug-likeness (QED) is 0.768. The fraction of sp³-hybridized carbons (Fsp3) is 0.545. The third kappa shape index (κ3) is 6.29. The molecule has 0 atom stereocenters. The zero-order valence-corrected chi connectivity index (χ0v) is 9.96. The number of nitrogens with one attached hydrogen (secondary N) is 1. The van der Waals surface area contributed by atoms with Gasteiger partial charge >= 0.3 is 6.18 Å². The van der Waals surface area contributed by atoms with Gasteiger partial charge in [0.25, 0.3) is 0 Å². The zero-order valence-electron chi connectivity index (χ0n) is 9.96. The molecule has 0 amide bonds. The highest BCUT2D eigenvalue weighted by Gasteiger charge is 2.27. The van der Waals surface area contributed by atoms with Crippen LogP contribution in [0.15, 0.2) is 18.2 Å². The van der Waals surface area contributed by atoms with Crippen LogP contribution in [0, 0.1) is 0 Å². The zero-order chi connectivity index (χ0) is 13.4. The predicted molar refractivity (Wildman–Crippen MR) is 60.8 cm³/mol. The van der Waals surface area contributed by atoms with Gasteiger partial charge in [0.2, 0.25) is 5.88 Å². The first-order chi connectivity index (χ1) is 8.51. The minimum atomic E-state index is -4.28. The Bertz CT molecular complexity index is 358. The van der Waals surface area contributed by atoms with Crippen LogP contribution in [0.25, 0.3) is 0 Å². The van der Waals surface area contributed by atoms with E-state index in [1.807, 2.05) is 6.92 Å². The minimum Gasteiger partial charge on any atom is -0.478 e. The Morgan fingerprint density at radius 3 is 2.78 bits per heavy atom. The standard InChI is InChI=1S/C11H15F3N2O2/c1-2-18-10-5-3-4-9(16-10)15-6-7-17-8-11(12,13)14/h3-5H,2,6-8H2,1H3,(H,15,16). The van der Waals surface area contributed by atoms with Crippen molar-refractivity contribution in [3.63, 3.8) is 0 Å². The minimum absolute atomic E-state index is 0.0416. The van der Waals surface area contributed by atoms with Gasteiger partial charge in [0.05, 0.1) is 13.2 Å². The Morgan fingerprint density at radius 2 is 2.11 bits per heavy atom. The summed E-state index contributed by atoms with van der Waals surface area (Å²) in [7, 11) is 0. The topological polar surface area (TPSA) is 43.4 Å². The summed E-state index contributed by atoms with van der Waals surface area (Å²) in [6, 6.07) is 5.15. The molecule has 1 aromatic heterocycles. The molecule has 0 fully saturated rings. The molecule has 1 rings (SSSR count). The van der Waals surface area contributed by atoms with E-state index in [1.165, 1.54) is 0 Å². The van der Waals surface area contributed by atoms with E-state index in [-0.39, 0.29) is 13.2 Å². The number of hydrogen-bond donors (Lipinski definition) is 1. The summed E-state index contributed by atoms with van der Waals surface area (Å²) < 4.78 is 44.9. The maximum atomic E-state index is 11.8. The highest BCUT2D eigenvalue weighted by atomic mass is 19.4. The van der Waals surface area contributed by atoms with Crippen LogP contribution in [-0.2, 0) is 4.74 Å². The van der Waals surface area contributed by atoms with Crippen LogP contribution in [0.2, 0.25) is 0 Å². The third-order valence-electron chi connectivity index (χ3n) is 1.83. The van der Waals surface area contributed by atoms with Crippen molar-refractivity contribution in [2.24, 2.45) is 0 Å². The number of halogens is 3. The summed E-state index contributed by atoms with van der Waals surface area (Å²) in [5.74, 6) is 1.01. The fourth-order valence-corrected chi connectivity index (χ4v) is 1.18. The van der Waals surface area contributed by atoms with Crippen molar-refractivity contribution in [3.8, 4) is 5.88 Å². The molecule has 1 N–H and O–H groups in total. The number of nitrogens with zero attached hydrogens (tertiary/aromatic N) is 1. The average Bonchev–Trinajstić information content (AvgIpc) is 2.28. The van der Waals surface area contributed by atoms with Gasteiger partial charge in [-0.05, 0) is 13.0 Å². The lowest BCUT2D eigenvalue weighted by atomic mass is 10.4. The lowest BCUT2D eigenvalue weighted by molar-refractivity contribution is -0.172. The van der Waals surface area contributed by atoms with Gasteiger partial charge < -0.3 is 14.8 Å². The molecular formula is C11H15F3N2O2. The summed E-state index contributed by atoms with van der Waals surface area (Å²) in [4.78, 5) is 4.10. The Labute approximate surface area is 103 Å². The van der Waals surface area contributed by atoms with E-state index in [0.29, 0.717) is 18.3 Å². The van der Waals surface area contributed by atoms with Gasteiger partial charge in [-0.3, -0.25) is 0 Å². The molecule has 7 heteroatoms. The molecule has 0 bridgehead atoms. The van der Waals surface area contributed by atoms with Crippen LogP contribution in [0.3, 0.4) is 0 Å². The number of ether oxygens (including phenoxy) is 2. The monoisotopic (exact) mass is 264 g/mol. The van der Waals surface area contributed by atoms with E-state index in [9.17, 15) is 13.2 Å². The first kappa shape index (κ1) is 14.6. The second-order valence-corrected chi connectivity index (χ2v) is 3.39. The molecule has 0 aliphatic carbocycles. The van der Waals surface area contributed by atoms with Crippen molar-refractivity contribution in [1.82, 2.24) is 4.98 Å².